The summed E-state index contributed by atoms with van der Waals surface area (Å²) >= 11 is 0. The first-order valence-electron chi connectivity index (χ1n) is 6.82. The van der Waals surface area contributed by atoms with Gasteiger partial charge in [-0.25, -0.2) is 0 Å². The van der Waals surface area contributed by atoms with Crippen molar-refractivity contribution in [1.29, 1.82) is 5.26 Å². The normalized spacial score (nSPS) is 12.3. The lowest BCUT2D eigenvalue weighted by Crippen LogP contribution is -2.18. The first-order valence-corrected chi connectivity index (χ1v) is 9.77. The molecule has 136 valence electrons. The predicted octanol–water partition coefficient (Wildman–Crippen LogP) is 0.915. The van der Waals surface area contributed by atoms with Crippen LogP contribution in [0, 0.1) is 11.3 Å². The Labute approximate surface area is 150 Å². The van der Waals surface area contributed by atoms with E-state index in [1.54, 1.807) is 6.08 Å². The molecule has 0 aromatic heterocycles. The van der Waals surface area contributed by atoms with Crippen LogP contribution in [0.15, 0.2) is 48.5 Å². The summed E-state index contributed by atoms with van der Waals surface area (Å²) in [5, 5.41) is 18.9. The quantitative estimate of drug-likeness (QED) is 0.542. The molecule has 0 heterocycles. The molecule has 4 N–H and O–H groups in total. The Morgan fingerprint density at radius 1 is 0.846 bits per heavy atom. The highest BCUT2D eigenvalue weighted by molar-refractivity contribution is 7.85. The van der Waals surface area contributed by atoms with Crippen LogP contribution in [0.5, 0.6) is 11.5 Å². The molecule has 0 unspecified atom stereocenters. The minimum Gasteiger partial charge on any atom is -0.371 e. The molecule has 11 heteroatoms. The Kier molecular flexibility index (Phi) is 5.63. The highest BCUT2D eigenvalue weighted by Gasteiger charge is 2.07. The Morgan fingerprint density at radius 3 is 1.65 bits per heavy atom. The summed E-state index contributed by atoms with van der Waals surface area (Å²) in [4.78, 5) is 0. The Hall–Kier alpha value is -2.91. The summed E-state index contributed by atoms with van der Waals surface area (Å²) in [7, 11) is -8.23. The van der Waals surface area contributed by atoms with Crippen LogP contribution >= 0.6 is 0 Å². The summed E-state index contributed by atoms with van der Waals surface area (Å²) in [6.07, 6.45) is 1.55. The number of benzene rings is 2. The summed E-state index contributed by atoms with van der Waals surface area (Å²) in [6, 6.07) is 13.6. The van der Waals surface area contributed by atoms with Crippen molar-refractivity contribution in [1.82, 2.24) is 0 Å². The zero-order valence-electron chi connectivity index (χ0n) is 13.1. The van der Waals surface area contributed by atoms with Crippen molar-refractivity contribution in [2.24, 2.45) is 10.3 Å². The van der Waals surface area contributed by atoms with Crippen LogP contribution in [0.1, 0.15) is 11.1 Å². The van der Waals surface area contributed by atoms with Gasteiger partial charge < -0.3 is 8.37 Å². The van der Waals surface area contributed by atoms with E-state index in [0.29, 0.717) is 11.1 Å². The molecule has 0 aliphatic heterocycles. The molecule has 0 bridgehead atoms. The Balaban J connectivity index is 2.23. The van der Waals surface area contributed by atoms with E-state index in [1.807, 2.05) is 6.07 Å². The smallest absolute Gasteiger partial charge is 0.371 e. The molecular weight excluding hydrogens is 382 g/mol. The molecule has 0 aliphatic carbocycles. The summed E-state index contributed by atoms with van der Waals surface area (Å²) in [5.74, 6) is 0.0469. The molecular formula is C15H13N3O6S2. The topological polar surface area (TPSA) is 163 Å². The average Bonchev–Trinajstić information content (AvgIpc) is 2.52. The molecule has 0 amide bonds. The summed E-state index contributed by atoms with van der Waals surface area (Å²) < 4.78 is 52.5. The number of nitrogens with zero attached hydrogens (tertiary/aromatic N) is 1. The first-order chi connectivity index (χ1) is 12.1. The molecule has 0 saturated heterocycles. The lowest BCUT2D eigenvalue weighted by Gasteiger charge is -2.05. The van der Waals surface area contributed by atoms with Gasteiger partial charge in [0.1, 0.15) is 11.5 Å². The van der Waals surface area contributed by atoms with Gasteiger partial charge in [0, 0.05) is 0 Å². The zero-order valence-corrected chi connectivity index (χ0v) is 14.7. The first kappa shape index (κ1) is 19.4. The van der Waals surface area contributed by atoms with Gasteiger partial charge >= 0.3 is 20.6 Å². The number of hydrogen-bond donors (Lipinski definition) is 2. The Bertz CT molecular complexity index is 1070. The summed E-state index contributed by atoms with van der Waals surface area (Å²) in [6.45, 7) is 0. The average molecular weight is 395 g/mol. The number of hydrogen-bond acceptors (Lipinski definition) is 7. The molecule has 0 radical (unpaired) electrons. The molecule has 0 aliphatic rings. The fraction of sp³-hybridized carbons (Fsp3) is 0. The van der Waals surface area contributed by atoms with Crippen LogP contribution in [0.2, 0.25) is 0 Å². The van der Waals surface area contributed by atoms with Gasteiger partial charge in [-0.2, -0.15) is 32.4 Å². The highest BCUT2D eigenvalue weighted by Crippen LogP contribution is 2.22. The maximum atomic E-state index is 10.9. The van der Waals surface area contributed by atoms with Crippen molar-refractivity contribution in [2.45, 2.75) is 0 Å². The monoisotopic (exact) mass is 395 g/mol. The van der Waals surface area contributed by atoms with Gasteiger partial charge in [0.25, 0.3) is 0 Å². The lowest BCUT2D eigenvalue weighted by molar-refractivity contribution is 0.486. The van der Waals surface area contributed by atoms with Gasteiger partial charge in [0.2, 0.25) is 0 Å². The lowest BCUT2D eigenvalue weighted by atomic mass is 10.0. The van der Waals surface area contributed by atoms with Gasteiger partial charge in [0.05, 0.1) is 11.6 Å². The fourth-order valence-corrected chi connectivity index (χ4v) is 2.68. The van der Waals surface area contributed by atoms with E-state index in [-0.39, 0.29) is 17.1 Å². The third-order valence-corrected chi connectivity index (χ3v) is 3.75. The number of allylic oxidation sites excluding steroid dienone is 1. The molecule has 2 aromatic carbocycles. The van der Waals surface area contributed by atoms with E-state index in [4.69, 9.17) is 10.3 Å². The molecule has 0 saturated carbocycles. The SMILES string of the molecule is N#CC(=Cc1ccc(OS(N)(=O)=O)cc1)c1ccc(OS(N)(=O)=O)cc1. The number of rotatable bonds is 6. The van der Waals surface area contributed by atoms with E-state index >= 15 is 0 Å². The minimum absolute atomic E-state index is 0.0121. The van der Waals surface area contributed by atoms with E-state index in [9.17, 15) is 22.1 Å². The molecule has 0 atom stereocenters. The van der Waals surface area contributed by atoms with Gasteiger partial charge in [-0.15, -0.1) is 0 Å². The number of nitrogens with two attached hydrogens (primary N) is 2. The standard InChI is InChI=1S/C15H13N3O6S2/c16-10-13(12-3-7-15(8-4-12)24-26(18,21)22)9-11-1-5-14(6-2-11)23-25(17,19)20/h1-9H,(H2,17,19,20)(H2,18,21,22). The molecule has 26 heavy (non-hydrogen) atoms. The van der Waals surface area contributed by atoms with Crippen molar-refractivity contribution >= 4 is 32.3 Å². The van der Waals surface area contributed by atoms with Crippen LogP contribution in [0.4, 0.5) is 0 Å². The van der Waals surface area contributed by atoms with Gasteiger partial charge in [-0.05, 0) is 53.6 Å². The fourth-order valence-electron chi connectivity index (χ4n) is 1.92. The van der Waals surface area contributed by atoms with Gasteiger partial charge in [-0.1, -0.05) is 12.1 Å². The van der Waals surface area contributed by atoms with E-state index in [1.165, 1.54) is 48.5 Å². The largest absolute Gasteiger partial charge is 0.380 e. The van der Waals surface area contributed by atoms with Crippen molar-refractivity contribution in [3.05, 3.63) is 59.7 Å². The third kappa shape index (κ3) is 6.19. The van der Waals surface area contributed by atoms with Crippen molar-refractivity contribution in [3.63, 3.8) is 0 Å². The van der Waals surface area contributed by atoms with Gasteiger partial charge in [-0.3, -0.25) is 0 Å². The second kappa shape index (κ2) is 7.54. The van der Waals surface area contributed by atoms with Gasteiger partial charge in [0.15, 0.2) is 0 Å². The molecule has 9 nitrogen and oxygen atoms in total. The Morgan fingerprint density at radius 2 is 1.27 bits per heavy atom. The highest BCUT2D eigenvalue weighted by atomic mass is 32.2. The minimum atomic E-state index is -4.12. The van der Waals surface area contributed by atoms with Crippen molar-refractivity contribution in [3.8, 4) is 17.6 Å². The van der Waals surface area contributed by atoms with E-state index in [2.05, 4.69) is 8.37 Å². The van der Waals surface area contributed by atoms with Crippen LogP contribution in [0.25, 0.3) is 11.6 Å². The predicted molar refractivity (Wildman–Crippen MR) is 93.8 cm³/mol. The second-order valence-electron chi connectivity index (χ2n) is 4.92. The van der Waals surface area contributed by atoms with E-state index in [0.717, 1.165) is 0 Å². The zero-order chi connectivity index (χ0) is 19.4. The second-order valence-corrected chi connectivity index (χ2v) is 7.22. The maximum absolute atomic E-state index is 10.9. The molecule has 2 aromatic rings. The summed E-state index contributed by atoms with van der Waals surface area (Å²) in [5.41, 5.74) is 1.40. The van der Waals surface area contributed by atoms with Crippen LogP contribution < -0.4 is 18.6 Å². The molecule has 2 rings (SSSR count). The number of nitriles is 1. The van der Waals surface area contributed by atoms with Crippen molar-refractivity contribution in [2.75, 3.05) is 0 Å². The van der Waals surface area contributed by atoms with E-state index < -0.39 is 20.6 Å². The maximum Gasteiger partial charge on any atom is 0.380 e. The van der Waals surface area contributed by atoms with Crippen LogP contribution in [0.3, 0.4) is 0 Å². The van der Waals surface area contributed by atoms with Crippen LogP contribution in [-0.4, -0.2) is 16.8 Å². The van der Waals surface area contributed by atoms with Crippen molar-refractivity contribution < 1.29 is 25.2 Å². The van der Waals surface area contributed by atoms with Crippen LogP contribution in [-0.2, 0) is 20.6 Å². The third-order valence-electron chi connectivity index (χ3n) is 2.90. The molecule has 0 spiro atoms. The molecule has 0 fully saturated rings.